The molecule has 0 spiro atoms. The van der Waals surface area contributed by atoms with E-state index in [9.17, 15) is 32.3 Å². The lowest BCUT2D eigenvalue weighted by Crippen LogP contribution is -2.43. The molecule has 0 atom stereocenters. The van der Waals surface area contributed by atoms with Gasteiger partial charge in [0.1, 0.15) is 12.1 Å². The number of hydrogen-bond acceptors (Lipinski definition) is 9. The smallest absolute Gasteiger partial charge is 0.417 e. The molecule has 0 aromatic heterocycles. The summed E-state index contributed by atoms with van der Waals surface area (Å²) in [5.74, 6) is -1.76. The molecule has 3 amide bonds. The van der Waals surface area contributed by atoms with Gasteiger partial charge in [0, 0.05) is 11.4 Å². The Bertz CT molecular complexity index is 1680. The minimum Gasteiger partial charge on any atom is -0.468 e. The largest absolute Gasteiger partial charge is 0.468 e. The number of rotatable bonds is 11. The fourth-order valence-corrected chi connectivity index (χ4v) is 4.68. The van der Waals surface area contributed by atoms with Crippen LogP contribution in [0.15, 0.2) is 66.7 Å². The number of anilines is 3. The first-order chi connectivity index (χ1) is 21.8. The van der Waals surface area contributed by atoms with Crippen molar-refractivity contribution in [2.24, 2.45) is 0 Å². The SMILES string of the molecule is COC(=O)CNCC(=O)OCc1ccc(Nc2ccccc2CN2C(=O)N(c3ccc(C#N)c(C(F)(F)F)c3)C(=O)C2(C)C)cc1. The number of nitriles is 1. The zero-order valence-electron chi connectivity index (χ0n) is 25.1. The summed E-state index contributed by atoms with van der Waals surface area (Å²) in [7, 11) is 1.24. The predicted molar refractivity (Wildman–Crippen MR) is 160 cm³/mol. The lowest BCUT2D eigenvalue weighted by Gasteiger charge is -2.28. The molecule has 46 heavy (non-hydrogen) atoms. The molecule has 11 nitrogen and oxygen atoms in total. The maximum atomic E-state index is 13.6. The van der Waals surface area contributed by atoms with Crippen LogP contribution >= 0.6 is 0 Å². The van der Waals surface area contributed by atoms with Crippen LogP contribution in [0.4, 0.5) is 35.0 Å². The fourth-order valence-electron chi connectivity index (χ4n) is 4.68. The second-order valence-electron chi connectivity index (χ2n) is 10.7. The first-order valence-corrected chi connectivity index (χ1v) is 13.9. The van der Waals surface area contributed by atoms with Gasteiger partial charge in [-0.25, -0.2) is 9.69 Å². The van der Waals surface area contributed by atoms with Gasteiger partial charge in [0.15, 0.2) is 0 Å². The van der Waals surface area contributed by atoms with Gasteiger partial charge in [-0.15, -0.1) is 0 Å². The monoisotopic (exact) mass is 637 g/mol. The third-order valence-electron chi connectivity index (χ3n) is 7.26. The van der Waals surface area contributed by atoms with E-state index in [-0.39, 0.29) is 31.9 Å². The van der Waals surface area contributed by atoms with E-state index in [0.717, 1.165) is 12.1 Å². The third kappa shape index (κ3) is 7.44. The molecule has 240 valence electrons. The number of para-hydroxylation sites is 1. The molecule has 0 bridgehead atoms. The summed E-state index contributed by atoms with van der Waals surface area (Å²) in [6, 6.07) is 17.5. The molecule has 0 aliphatic carbocycles. The minimum absolute atomic E-state index is 0.00991. The van der Waals surface area contributed by atoms with Crippen LogP contribution in [0.3, 0.4) is 0 Å². The van der Waals surface area contributed by atoms with E-state index >= 15 is 0 Å². The van der Waals surface area contributed by atoms with Crippen molar-refractivity contribution in [3.63, 3.8) is 0 Å². The van der Waals surface area contributed by atoms with E-state index in [1.54, 1.807) is 48.5 Å². The van der Waals surface area contributed by atoms with E-state index in [0.29, 0.717) is 33.5 Å². The summed E-state index contributed by atoms with van der Waals surface area (Å²) in [5, 5.41) is 15.0. The Morgan fingerprint density at radius 1 is 0.978 bits per heavy atom. The number of nitrogens with zero attached hydrogens (tertiary/aromatic N) is 3. The Labute approximate surface area is 262 Å². The van der Waals surface area contributed by atoms with Crippen LogP contribution in [0.5, 0.6) is 0 Å². The topological polar surface area (TPSA) is 141 Å². The van der Waals surface area contributed by atoms with Gasteiger partial charge in [-0.2, -0.15) is 18.4 Å². The molecule has 4 rings (SSSR count). The first-order valence-electron chi connectivity index (χ1n) is 13.9. The average molecular weight is 638 g/mol. The second-order valence-corrected chi connectivity index (χ2v) is 10.7. The number of carbonyl (C=O) groups is 4. The summed E-state index contributed by atoms with van der Waals surface area (Å²) in [6.07, 6.45) is -4.86. The zero-order chi connectivity index (χ0) is 33.6. The summed E-state index contributed by atoms with van der Waals surface area (Å²) in [6.45, 7) is 2.71. The third-order valence-corrected chi connectivity index (χ3v) is 7.26. The molecule has 14 heteroatoms. The highest BCUT2D eigenvalue weighted by atomic mass is 19.4. The zero-order valence-corrected chi connectivity index (χ0v) is 25.1. The second kappa shape index (κ2) is 13.7. The Morgan fingerprint density at radius 3 is 2.30 bits per heavy atom. The number of esters is 2. The van der Waals surface area contributed by atoms with Crippen LogP contribution in [0.25, 0.3) is 0 Å². The predicted octanol–water partition coefficient (Wildman–Crippen LogP) is 4.87. The molecule has 3 aromatic carbocycles. The molecule has 1 fully saturated rings. The molecule has 0 saturated carbocycles. The van der Waals surface area contributed by atoms with Crippen LogP contribution in [0.2, 0.25) is 0 Å². The fraction of sp³-hybridized carbons (Fsp3) is 0.281. The van der Waals surface area contributed by atoms with Crippen molar-refractivity contribution < 1.29 is 41.8 Å². The van der Waals surface area contributed by atoms with E-state index in [1.165, 1.54) is 31.9 Å². The number of alkyl halides is 3. The summed E-state index contributed by atoms with van der Waals surface area (Å²) in [4.78, 5) is 51.9. The van der Waals surface area contributed by atoms with Crippen LogP contribution in [-0.2, 0) is 43.2 Å². The number of benzene rings is 3. The van der Waals surface area contributed by atoms with Crippen LogP contribution in [-0.4, -0.2) is 54.5 Å². The van der Waals surface area contributed by atoms with Crippen LogP contribution < -0.4 is 15.5 Å². The standard InChI is InChI=1S/C32H30F3N5O6/c1-31(2)29(43)40(24-13-10-21(15-36)25(14-24)32(33,34)35)30(44)39(31)18-22-6-4-5-7-26(22)38-23-11-8-20(9-12-23)19-46-28(42)17-37-16-27(41)45-3/h4-14,37-38H,16-19H2,1-3H3. The molecule has 0 radical (unpaired) electrons. The summed E-state index contributed by atoms with van der Waals surface area (Å²) < 4.78 is 50.5. The maximum Gasteiger partial charge on any atom is 0.417 e. The molecule has 1 aliphatic heterocycles. The number of halogens is 3. The quantitative estimate of drug-likeness (QED) is 0.222. The van der Waals surface area contributed by atoms with Crippen LogP contribution in [0, 0.1) is 11.3 Å². The van der Waals surface area contributed by atoms with Gasteiger partial charge in [0.25, 0.3) is 5.91 Å². The number of hydrogen-bond donors (Lipinski definition) is 2. The van der Waals surface area contributed by atoms with E-state index in [2.05, 4.69) is 15.4 Å². The molecule has 1 heterocycles. The minimum atomic E-state index is -4.86. The van der Waals surface area contributed by atoms with Crippen LogP contribution in [0.1, 0.15) is 36.1 Å². The molecule has 0 unspecified atom stereocenters. The van der Waals surface area contributed by atoms with Gasteiger partial charge in [0.2, 0.25) is 0 Å². The first kappa shape index (κ1) is 33.5. The van der Waals surface area contributed by atoms with Gasteiger partial charge < -0.3 is 19.7 Å². The Kier molecular flexibility index (Phi) is 9.97. The lowest BCUT2D eigenvalue weighted by atomic mass is 10.0. The highest BCUT2D eigenvalue weighted by molar-refractivity contribution is 6.23. The Balaban J connectivity index is 1.46. The lowest BCUT2D eigenvalue weighted by molar-refractivity contribution is -0.144. The molecule has 3 aromatic rings. The number of methoxy groups -OCH3 is 1. The van der Waals surface area contributed by atoms with Crippen molar-refractivity contribution in [2.75, 3.05) is 30.4 Å². The van der Waals surface area contributed by atoms with Gasteiger partial charge in [-0.1, -0.05) is 30.3 Å². The number of urea groups is 1. The number of nitrogens with one attached hydrogen (secondary N) is 2. The van der Waals surface area contributed by atoms with Crippen molar-refractivity contribution >= 4 is 40.9 Å². The van der Waals surface area contributed by atoms with E-state index in [1.807, 2.05) is 0 Å². The molecule has 1 aliphatic rings. The molecule has 1 saturated heterocycles. The number of amides is 3. The van der Waals surface area contributed by atoms with Gasteiger partial charge in [0.05, 0.1) is 49.6 Å². The summed E-state index contributed by atoms with van der Waals surface area (Å²) >= 11 is 0. The van der Waals surface area contributed by atoms with Gasteiger partial charge in [-0.05, 0) is 61.4 Å². The Morgan fingerprint density at radius 2 is 1.65 bits per heavy atom. The number of carbonyl (C=O) groups excluding carboxylic acids is 4. The van der Waals surface area contributed by atoms with E-state index < -0.39 is 46.7 Å². The van der Waals surface area contributed by atoms with Crippen molar-refractivity contribution in [3.8, 4) is 6.07 Å². The number of imide groups is 1. The van der Waals surface area contributed by atoms with Crippen molar-refractivity contribution in [1.82, 2.24) is 10.2 Å². The van der Waals surface area contributed by atoms with Crippen molar-refractivity contribution in [2.45, 2.75) is 38.7 Å². The summed E-state index contributed by atoms with van der Waals surface area (Å²) in [5.41, 5.74) is -0.918. The highest BCUT2D eigenvalue weighted by Crippen LogP contribution is 2.38. The van der Waals surface area contributed by atoms with Crippen molar-refractivity contribution in [3.05, 3.63) is 89.0 Å². The van der Waals surface area contributed by atoms with Gasteiger partial charge in [-0.3, -0.25) is 19.7 Å². The molecule has 2 N–H and O–H groups in total. The maximum absolute atomic E-state index is 13.6. The normalized spacial score (nSPS) is 14.2. The average Bonchev–Trinajstić information content (AvgIpc) is 3.19. The molecular formula is C32H30F3N5O6. The van der Waals surface area contributed by atoms with Crippen molar-refractivity contribution in [1.29, 1.82) is 5.26 Å². The molecular weight excluding hydrogens is 607 g/mol. The van der Waals surface area contributed by atoms with E-state index in [4.69, 9.17) is 10.00 Å². The van der Waals surface area contributed by atoms with Gasteiger partial charge >= 0.3 is 24.1 Å². The Hall–Kier alpha value is -5.42. The number of ether oxygens (including phenoxy) is 2. The highest BCUT2D eigenvalue weighted by Gasteiger charge is 2.52.